The number of nitrogens with one attached hydrogen (secondary N) is 1. The molecule has 0 fully saturated rings. The number of H-pyrrole nitrogens is 1. The van der Waals surface area contributed by atoms with Crippen molar-refractivity contribution in [2.24, 2.45) is 0 Å². The first kappa shape index (κ1) is 15.4. The lowest BCUT2D eigenvalue weighted by Crippen LogP contribution is -2.22. The van der Waals surface area contributed by atoms with Crippen molar-refractivity contribution in [1.82, 2.24) is 9.97 Å². The van der Waals surface area contributed by atoms with Crippen LogP contribution in [0.15, 0.2) is 35.1 Å². The summed E-state index contributed by atoms with van der Waals surface area (Å²) in [4.78, 5) is 19.8. The van der Waals surface area contributed by atoms with Crippen molar-refractivity contribution in [1.29, 1.82) is 0 Å². The molecule has 1 heterocycles. The zero-order chi connectivity index (χ0) is 14.5. The lowest BCUT2D eigenvalue weighted by molar-refractivity contribution is 0.852. The summed E-state index contributed by atoms with van der Waals surface area (Å²) in [6.07, 6.45) is 1.32. The Hall–Kier alpha value is -0.940. The highest BCUT2D eigenvalue weighted by Gasteiger charge is 2.12. The lowest BCUT2D eigenvalue weighted by atomic mass is 10.1. The summed E-state index contributed by atoms with van der Waals surface area (Å²) in [6.45, 7) is 1.90. The van der Waals surface area contributed by atoms with E-state index in [0.29, 0.717) is 18.7 Å². The SMILES string of the molecule is Cc1nc(Cc2ccccc2)[nH]c(=O)c1C[C@H](Br)CBr. The molecule has 1 aromatic heterocycles. The number of hydrogen-bond donors (Lipinski definition) is 1. The van der Waals surface area contributed by atoms with Gasteiger partial charge in [0.05, 0.1) is 0 Å². The third kappa shape index (κ3) is 4.03. The first-order valence-corrected chi connectivity index (χ1v) is 8.46. The molecule has 1 aromatic carbocycles. The van der Waals surface area contributed by atoms with Crippen LogP contribution in [0.2, 0.25) is 0 Å². The van der Waals surface area contributed by atoms with E-state index >= 15 is 0 Å². The topological polar surface area (TPSA) is 45.8 Å². The van der Waals surface area contributed by atoms with Gasteiger partial charge in [0.25, 0.3) is 5.56 Å². The zero-order valence-corrected chi connectivity index (χ0v) is 14.4. The molecule has 0 aliphatic carbocycles. The van der Waals surface area contributed by atoms with E-state index in [1.54, 1.807) is 0 Å². The average molecular weight is 400 g/mol. The van der Waals surface area contributed by atoms with Gasteiger partial charge < -0.3 is 4.98 Å². The van der Waals surface area contributed by atoms with Gasteiger partial charge in [-0.3, -0.25) is 4.79 Å². The third-order valence-electron chi connectivity index (χ3n) is 3.08. The molecule has 0 aliphatic rings. The van der Waals surface area contributed by atoms with Gasteiger partial charge in [-0.05, 0) is 18.9 Å². The van der Waals surface area contributed by atoms with Crippen molar-refractivity contribution in [2.45, 2.75) is 24.6 Å². The number of nitrogens with zero attached hydrogens (tertiary/aromatic N) is 1. The summed E-state index contributed by atoms with van der Waals surface area (Å²) in [6, 6.07) is 10.0. The predicted molar refractivity (Wildman–Crippen MR) is 89.1 cm³/mol. The van der Waals surface area contributed by atoms with E-state index in [1.165, 1.54) is 0 Å². The van der Waals surface area contributed by atoms with Crippen LogP contribution in [0.4, 0.5) is 0 Å². The zero-order valence-electron chi connectivity index (χ0n) is 11.2. The van der Waals surface area contributed by atoms with E-state index in [1.807, 2.05) is 37.3 Å². The fourth-order valence-corrected chi connectivity index (χ4v) is 2.61. The second kappa shape index (κ2) is 7.18. The minimum absolute atomic E-state index is 0.0335. The molecule has 20 heavy (non-hydrogen) atoms. The summed E-state index contributed by atoms with van der Waals surface area (Å²) in [7, 11) is 0. The minimum atomic E-state index is -0.0335. The van der Waals surface area contributed by atoms with Crippen molar-refractivity contribution in [3.05, 3.63) is 63.3 Å². The van der Waals surface area contributed by atoms with E-state index < -0.39 is 0 Å². The highest BCUT2D eigenvalue weighted by Crippen LogP contribution is 2.12. The largest absolute Gasteiger partial charge is 0.310 e. The van der Waals surface area contributed by atoms with Crippen LogP contribution in [0.1, 0.15) is 22.6 Å². The first-order valence-electron chi connectivity index (χ1n) is 6.42. The van der Waals surface area contributed by atoms with E-state index in [9.17, 15) is 4.79 Å². The maximum Gasteiger partial charge on any atom is 0.254 e. The van der Waals surface area contributed by atoms with Gasteiger partial charge in [-0.15, -0.1) is 0 Å². The molecule has 0 spiro atoms. The maximum absolute atomic E-state index is 12.2. The molecule has 0 amide bonds. The van der Waals surface area contributed by atoms with Crippen molar-refractivity contribution in [3.8, 4) is 0 Å². The number of halogens is 2. The number of aryl methyl sites for hydroxylation is 1. The second-order valence-corrected chi connectivity index (χ2v) is 6.64. The molecule has 3 nitrogen and oxygen atoms in total. The Balaban J connectivity index is 2.24. The lowest BCUT2D eigenvalue weighted by Gasteiger charge is -2.09. The average Bonchev–Trinajstić information content (AvgIpc) is 2.43. The van der Waals surface area contributed by atoms with Crippen molar-refractivity contribution >= 4 is 31.9 Å². The fourth-order valence-electron chi connectivity index (χ4n) is 2.06. The Morgan fingerprint density at radius 3 is 2.60 bits per heavy atom. The van der Waals surface area contributed by atoms with Crippen molar-refractivity contribution in [2.75, 3.05) is 5.33 Å². The molecule has 0 bridgehead atoms. The Kier molecular flexibility index (Phi) is 5.54. The number of benzene rings is 1. The van der Waals surface area contributed by atoms with E-state index in [0.717, 1.165) is 22.2 Å². The standard InChI is InChI=1S/C15H16Br2N2O/c1-10-13(8-12(17)9-16)15(20)19-14(18-10)7-11-5-3-2-4-6-11/h2-6,12H,7-9H2,1H3,(H,18,19,20)/t12-/m0/s1. The summed E-state index contributed by atoms with van der Waals surface area (Å²) >= 11 is 6.93. The summed E-state index contributed by atoms with van der Waals surface area (Å²) in [5.41, 5.74) is 2.67. The smallest absolute Gasteiger partial charge is 0.254 e. The second-order valence-electron chi connectivity index (χ2n) is 4.69. The van der Waals surface area contributed by atoms with Gasteiger partial charge >= 0.3 is 0 Å². The van der Waals surface area contributed by atoms with Crippen LogP contribution in [0.3, 0.4) is 0 Å². The number of rotatable bonds is 5. The highest BCUT2D eigenvalue weighted by atomic mass is 79.9. The molecule has 5 heteroatoms. The molecule has 0 aliphatic heterocycles. The summed E-state index contributed by atoms with van der Waals surface area (Å²) in [5, 5.41) is 0.803. The van der Waals surface area contributed by atoms with Crippen LogP contribution in [-0.4, -0.2) is 20.1 Å². The fraction of sp³-hybridized carbons (Fsp3) is 0.333. The Morgan fingerprint density at radius 2 is 2.00 bits per heavy atom. The number of hydrogen-bond acceptors (Lipinski definition) is 2. The van der Waals surface area contributed by atoms with Crippen LogP contribution < -0.4 is 5.56 Å². The molecule has 0 saturated carbocycles. The van der Waals surface area contributed by atoms with Gasteiger partial charge in [-0.2, -0.15) is 0 Å². The van der Waals surface area contributed by atoms with Gasteiger partial charge in [0.2, 0.25) is 0 Å². The summed E-state index contributed by atoms with van der Waals surface area (Å²) < 4.78 is 0. The number of aromatic amines is 1. The van der Waals surface area contributed by atoms with E-state index in [2.05, 4.69) is 41.8 Å². The molecular weight excluding hydrogens is 384 g/mol. The molecule has 1 N–H and O–H groups in total. The maximum atomic E-state index is 12.2. The third-order valence-corrected chi connectivity index (χ3v) is 5.38. The normalized spacial score (nSPS) is 12.3. The molecular formula is C15H16Br2N2O. The highest BCUT2D eigenvalue weighted by molar-refractivity contribution is 9.12. The molecule has 0 saturated heterocycles. The Morgan fingerprint density at radius 1 is 1.30 bits per heavy atom. The molecule has 2 aromatic rings. The molecule has 2 rings (SSSR count). The monoisotopic (exact) mass is 398 g/mol. The quantitative estimate of drug-likeness (QED) is 0.783. The molecule has 106 valence electrons. The summed E-state index contributed by atoms with van der Waals surface area (Å²) in [5.74, 6) is 0.715. The number of aromatic nitrogens is 2. The van der Waals surface area contributed by atoms with Gasteiger partial charge in [-0.1, -0.05) is 62.2 Å². The number of alkyl halides is 2. The first-order chi connectivity index (χ1) is 9.60. The van der Waals surface area contributed by atoms with Crippen LogP contribution in [0, 0.1) is 6.92 Å². The van der Waals surface area contributed by atoms with Crippen LogP contribution >= 0.6 is 31.9 Å². The van der Waals surface area contributed by atoms with Crippen LogP contribution in [0.25, 0.3) is 0 Å². The molecule has 1 atom stereocenters. The Labute approximate surface area is 135 Å². The van der Waals surface area contributed by atoms with Crippen LogP contribution in [-0.2, 0) is 12.8 Å². The van der Waals surface area contributed by atoms with Crippen molar-refractivity contribution in [3.63, 3.8) is 0 Å². The molecule has 0 radical (unpaired) electrons. The van der Waals surface area contributed by atoms with Gasteiger partial charge in [0.15, 0.2) is 0 Å². The minimum Gasteiger partial charge on any atom is -0.310 e. The Bertz CT molecular complexity index is 626. The molecule has 0 unspecified atom stereocenters. The van der Waals surface area contributed by atoms with Gasteiger partial charge in [0.1, 0.15) is 5.82 Å². The van der Waals surface area contributed by atoms with E-state index in [-0.39, 0.29) is 10.4 Å². The van der Waals surface area contributed by atoms with Gasteiger partial charge in [-0.25, -0.2) is 4.98 Å². The van der Waals surface area contributed by atoms with Gasteiger partial charge in [0, 0.05) is 27.8 Å². The predicted octanol–water partition coefficient (Wildman–Crippen LogP) is 3.37. The van der Waals surface area contributed by atoms with Crippen LogP contribution in [0.5, 0.6) is 0 Å². The van der Waals surface area contributed by atoms with E-state index in [4.69, 9.17) is 0 Å². The van der Waals surface area contributed by atoms with Crippen molar-refractivity contribution < 1.29 is 0 Å².